The maximum atomic E-state index is 11.8. The van der Waals surface area contributed by atoms with Crippen molar-refractivity contribution in [3.63, 3.8) is 0 Å². The number of aryl methyl sites for hydroxylation is 1. The average molecular weight is 285 g/mol. The van der Waals surface area contributed by atoms with E-state index in [0.29, 0.717) is 13.0 Å². The van der Waals surface area contributed by atoms with E-state index >= 15 is 0 Å². The number of carbonyl (C=O) groups is 1. The number of aliphatic hydroxyl groups is 1. The summed E-state index contributed by atoms with van der Waals surface area (Å²) in [5, 5.41) is 15.8. The minimum absolute atomic E-state index is 0.0724. The van der Waals surface area contributed by atoms with Crippen LogP contribution in [0.5, 0.6) is 0 Å². The zero-order valence-electron chi connectivity index (χ0n) is 11.8. The van der Waals surface area contributed by atoms with Gasteiger partial charge in [0.05, 0.1) is 5.01 Å². The Morgan fingerprint density at radius 2 is 2.32 bits per heavy atom. The number of nitrogens with one attached hydrogen (secondary N) is 2. The lowest BCUT2D eigenvalue weighted by atomic mass is 9.95. The number of hydrogen-bond donors (Lipinski definition) is 3. The van der Waals surface area contributed by atoms with Crippen molar-refractivity contribution < 1.29 is 9.90 Å². The Hall–Kier alpha value is -1.14. The van der Waals surface area contributed by atoms with E-state index in [0.717, 1.165) is 17.8 Å². The molecule has 6 heteroatoms. The van der Waals surface area contributed by atoms with E-state index in [-0.39, 0.29) is 18.2 Å². The molecule has 0 saturated carbocycles. The summed E-state index contributed by atoms with van der Waals surface area (Å²) in [5.74, 6) is 0. The van der Waals surface area contributed by atoms with Crippen molar-refractivity contribution in [2.45, 2.75) is 45.6 Å². The fourth-order valence-corrected chi connectivity index (χ4v) is 2.48. The Bertz CT molecular complexity index is 408. The molecule has 0 spiro atoms. The van der Waals surface area contributed by atoms with Crippen LogP contribution in [-0.4, -0.2) is 34.8 Å². The monoisotopic (exact) mass is 285 g/mol. The van der Waals surface area contributed by atoms with Crippen LogP contribution in [0.1, 0.15) is 36.6 Å². The Labute approximate surface area is 118 Å². The van der Waals surface area contributed by atoms with E-state index < -0.39 is 0 Å². The van der Waals surface area contributed by atoms with Crippen LogP contribution in [0.4, 0.5) is 4.79 Å². The predicted octanol–water partition coefficient (Wildman–Crippen LogP) is 1.84. The topological polar surface area (TPSA) is 74.2 Å². The van der Waals surface area contributed by atoms with Gasteiger partial charge in [0.25, 0.3) is 0 Å². The number of aromatic nitrogens is 1. The lowest BCUT2D eigenvalue weighted by molar-refractivity contribution is 0.201. The van der Waals surface area contributed by atoms with Gasteiger partial charge in [-0.05, 0) is 26.7 Å². The number of thiazole rings is 1. The number of urea groups is 1. The first-order chi connectivity index (χ1) is 8.99. The first kappa shape index (κ1) is 15.9. The summed E-state index contributed by atoms with van der Waals surface area (Å²) < 4.78 is 0. The van der Waals surface area contributed by atoms with E-state index in [2.05, 4.69) is 15.6 Å². The molecular formula is C13H23N3O2S. The van der Waals surface area contributed by atoms with E-state index in [1.165, 1.54) is 4.88 Å². The van der Waals surface area contributed by atoms with Crippen LogP contribution in [0.25, 0.3) is 0 Å². The summed E-state index contributed by atoms with van der Waals surface area (Å²) in [7, 11) is 0. The highest BCUT2D eigenvalue weighted by Crippen LogP contribution is 2.13. The Kier molecular flexibility index (Phi) is 6.24. The molecule has 5 nitrogen and oxygen atoms in total. The Morgan fingerprint density at radius 1 is 1.58 bits per heavy atom. The average Bonchev–Trinajstić information content (AvgIpc) is 2.75. The van der Waals surface area contributed by atoms with Crippen molar-refractivity contribution >= 4 is 17.4 Å². The van der Waals surface area contributed by atoms with Crippen LogP contribution < -0.4 is 10.6 Å². The lowest BCUT2D eigenvalue weighted by Gasteiger charge is -2.28. The molecule has 0 aliphatic rings. The molecule has 0 fully saturated rings. The van der Waals surface area contributed by atoms with Crippen LogP contribution in [0.2, 0.25) is 0 Å². The molecule has 0 aliphatic heterocycles. The van der Waals surface area contributed by atoms with Crippen LogP contribution in [0.15, 0.2) is 6.20 Å². The zero-order valence-corrected chi connectivity index (χ0v) is 12.6. The number of amides is 2. The molecule has 0 bridgehead atoms. The molecule has 19 heavy (non-hydrogen) atoms. The van der Waals surface area contributed by atoms with Crippen LogP contribution >= 0.6 is 11.3 Å². The molecule has 0 aromatic carbocycles. The van der Waals surface area contributed by atoms with Gasteiger partial charge in [0.2, 0.25) is 0 Å². The number of carbonyl (C=O) groups excluding carboxylic acids is 1. The van der Waals surface area contributed by atoms with Crippen molar-refractivity contribution in [3.8, 4) is 0 Å². The Morgan fingerprint density at radius 3 is 2.84 bits per heavy atom. The van der Waals surface area contributed by atoms with Gasteiger partial charge in [-0.25, -0.2) is 9.78 Å². The minimum Gasteiger partial charge on any atom is -0.396 e. The van der Waals surface area contributed by atoms with Crippen molar-refractivity contribution in [3.05, 3.63) is 16.1 Å². The van der Waals surface area contributed by atoms with Crippen LogP contribution in [0.3, 0.4) is 0 Å². The van der Waals surface area contributed by atoms with E-state index in [1.54, 1.807) is 11.3 Å². The molecule has 1 unspecified atom stereocenters. The Balaban J connectivity index is 2.31. The summed E-state index contributed by atoms with van der Waals surface area (Å²) in [6.45, 7) is 6.59. The summed E-state index contributed by atoms with van der Waals surface area (Å²) in [4.78, 5) is 17.2. The number of hydrogen-bond acceptors (Lipinski definition) is 4. The summed E-state index contributed by atoms with van der Waals surface area (Å²) in [6.07, 6.45) is 3.93. The van der Waals surface area contributed by atoms with Crippen molar-refractivity contribution in [1.29, 1.82) is 0 Å². The smallest absolute Gasteiger partial charge is 0.315 e. The van der Waals surface area contributed by atoms with Gasteiger partial charge in [-0.15, -0.1) is 11.3 Å². The molecule has 0 radical (unpaired) electrons. The third kappa shape index (κ3) is 5.57. The van der Waals surface area contributed by atoms with Crippen molar-refractivity contribution in [1.82, 2.24) is 15.6 Å². The molecular weight excluding hydrogens is 262 g/mol. The molecule has 3 N–H and O–H groups in total. The fourth-order valence-electron chi connectivity index (χ4n) is 1.69. The molecule has 2 amide bonds. The number of nitrogens with zero attached hydrogens (tertiary/aromatic N) is 1. The third-order valence-corrected chi connectivity index (χ3v) is 4.13. The highest BCUT2D eigenvalue weighted by molar-refractivity contribution is 7.11. The maximum Gasteiger partial charge on any atom is 0.315 e. The largest absolute Gasteiger partial charge is 0.396 e. The highest BCUT2D eigenvalue weighted by Gasteiger charge is 2.23. The normalized spacial score (nSPS) is 13.9. The molecule has 1 heterocycles. The second-order valence-corrected chi connectivity index (χ2v) is 6.20. The third-order valence-electron chi connectivity index (χ3n) is 3.15. The predicted molar refractivity (Wildman–Crippen MR) is 77.5 cm³/mol. The van der Waals surface area contributed by atoms with Gasteiger partial charge in [0.15, 0.2) is 0 Å². The SMILES string of the molecule is CCC(C)(CCO)NC(=O)NCCc1ncc(C)s1. The van der Waals surface area contributed by atoms with Gasteiger partial charge in [-0.3, -0.25) is 0 Å². The molecule has 1 aromatic heterocycles. The first-order valence-corrected chi connectivity index (χ1v) is 7.39. The number of rotatable bonds is 7. The second kappa shape index (κ2) is 7.45. The van der Waals surface area contributed by atoms with E-state index in [4.69, 9.17) is 5.11 Å². The first-order valence-electron chi connectivity index (χ1n) is 6.57. The van der Waals surface area contributed by atoms with Gasteiger partial charge in [0.1, 0.15) is 0 Å². The van der Waals surface area contributed by atoms with E-state index in [9.17, 15) is 4.79 Å². The number of aliphatic hydroxyl groups excluding tert-OH is 1. The highest BCUT2D eigenvalue weighted by atomic mass is 32.1. The van der Waals surface area contributed by atoms with Crippen molar-refractivity contribution in [2.24, 2.45) is 0 Å². The van der Waals surface area contributed by atoms with Gasteiger partial charge < -0.3 is 15.7 Å². The van der Waals surface area contributed by atoms with Gasteiger partial charge in [-0.1, -0.05) is 6.92 Å². The molecule has 1 rings (SSSR count). The molecule has 1 aromatic rings. The van der Waals surface area contributed by atoms with Crippen LogP contribution in [0, 0.1) is 6.92 Å². The van der Waals surface area contributed by atoms with Crippen LogP contribution in [-0.2, 0) is 6.42 Å². The molecule has 108 valence electrons. The van der Waals surface area contributed by atoms with E-state index in [1.807, 2.05) is 27.0 Å². The van der Waals surface area contributed by atoms with Gasteiger partial charge in [-0.2, -0.15) is 0 Å². The lowest BCUT2D eigenvalue weighted by Crippen LogP contribution is -2.50. The summed E-state index contributed by atoms with van der Waals surface area (Å²) >= 11 is 1.65. The second-order valence-electron chi connectivity index (χ2n) is 4.88. The van der Waals surface area contributed by atoms with Crippen molar-refractivity contribution in [2.75, 3.05) is 13.2 Å². The van der Waals surface area contributed by atoms with Gasteiger partial charge >= 0.3 is 6.03 Å². The summed E-state index contributed by atoms with van der Waals surface area (Å²) in [5.41, 5.74) is -0.351. The zero-order chi connectivity index (χ0) is 14.3. The van der Waals surface area contributed by atoms with Gasteiger partial charge in [0, 0.05) is 36.2 Å². The fraction of sp³-hybridized carbons (Fsp3) is 0.692. The quantitative estimate of drug-likeness (QED) is 0.715. The molecule has 1 atom stereocenters. The molecule has 0 saturated heterocycles. The maximum absolute atomic E-state index is 11.8. The minimum atomic E-state index is -0.351. The molecule has 0 aliphatic carbocycles. The summed E-state index contributed by atoms with van der Waals surface area (Å²) in [6, 6.07) is -0.189. The standard InChI is InChI=1S/C13H23N3O2S/c1-4-13(3,6-8-17)16-12(18)14-7-5-11-15-9-10(2)19-11/h9,17H,4-8H2,1-3H3,(H2,14,16,18).